The highest BCUT2D eigenvalue weighted by Crippen LogP contribution is 2.33. The van der Waals surface area contributed by atoms with Gasteiger partial charge in [-0.3, -0.25) is 0 Å². The molecule has 1 fully saturated rings. The van der Waals surface area contributed by atoms with Gasteiger partial charge in [0.05, 0.1) is 0 Å². The minimum atomic E-state index is 0.671. The first-order valence-corrected chi connectivity index (χ1v) is 5.42. The summed E-state index contributed by atoms with van der Waals surface area (Å²) in [4.78, 5) is 2.51. The lowest BCUT2D eigenvalue weighted by Crippen LogP contribution is -2.54. The van der Waals surface area contributed by atoms with Crippen LogP contribution in [0.3, 0.4) is 0 Å². The summed E-state index contributed by atoms with van der Waals surface area (Å²) in [6.45, 7) is 14.8. The molecule has 74 valence electrons. The van der Waals surface area contributed by atoms with Crippen molar-refractivity contribution < 1.29 is 0 Å². The summed E-state index contributed by atoms with van der Waals surface area (Å²) in [6.07, 6.45) is 2.75. The zero-order valence-corrected chi connectivity index (χ0v) is 9.48. The standard InChI is InChI=1S/C9H19N.C2H6/c1-4-6-9(3)7-10(5-2)8-9;1-2/h4-8H2,1-3H3;1-2H3. The van der Waals surface area contributed by atoms with Crippen molar-refractivity contribution in [3.63, 3.8) is 0 Å². The fourth-order valence-electron chi connectivity index (χ4n) is 2.02. The van der Waals surface area contributed by atoms with E-state index in [4.69, 9.17) is 0 Å². The minimum absolute atomic E-state index is 0.671. The molecule has 0 amide bonds. The molecule has 1 rings (SSSR count). The molecular weight excluding hydrogens is 146 g/mol. The van der Waals surface area contributed by atoms with Crippen LogP contribution in [0.2, 0.25) is 0 Å². The summed E-state index contributed by atoms with van der Waals surface area (Å²) in [5, 5.41) is 0. The van der Waals surface area contributed by atoms with Crippen LogP contribution in [0.5, 0.6) is 0 Å². The smallest absolute Gasteiger partial charge is 0.00477 e. The van der Waals surface area contributed by atoms with Crippen LogP contribution in [-0.2, 0) is 0 Å². The molecular formula is C11H25N. The first-order valence-electron chi connectivity index (χ1n) is 5.42. The lowest BCUT2D eigenvalue weighted by molar-refractivity contribution is 0.0130. The molecule has 12 heavy (non-hydrogen) atoms. The summed E-state index contributed by atoms with van der Waals surface area (Å²) < 4.78 is 0. The first-order chi connectivity index (χ1) is 5.70. The predicted molar refractivity (Wildman–Crippen MR) is 56.5 cm³/mol. The van der Waals surface area contributed by atoms with Gasteiger partial charge in [-0.2, -0.15) is 0 Å². The third kappa shape index (κ3) is 3.14. The van der Waals surface area contributed by atoms with E-state index in [9.17, 15) is 0 Å². The van der Waals surface area contributed by atoms with Crippen LogP contribution >= 0.6 is 0 Å². The molecule has 0 radical (unpaired) electrons. The van der Waals surface area contributed by atoms with Gasteiger partial charge in [0.15, 0.2) is 0 Å². The van der Waals surface area contributed by atoms with Gasteiger partial charge >= 0.3 is 0 Å². The van der Waals surface area contributed by atoms with Crippen molar-refractivity contribution in [3.05, 3.63) is 0 Å². The highest BCUT2D eigenvalue weighted by molar-refractivity contribution is 4.89. The van der Waals surface area contributed by atoms with Gasteiger partial charge in [-0.1, -0.05) is 41.0 Å². The molecule has 1 saturated heterocycles. The summed E-state index contributed by atoms with van der Waals surface area (Å²) in [5.41, 5.74) is 0.671. The van der Waals surface area contributed by atoms with Crippen LogP contribution < -0.4 is 0 Å². The van der Waals surface area contributed by atoms with Crippen molar-refractivity contribution in [1.82, 2.24) is 4.90 Å². The van der Waals surface area contributed by atoms with E-state index in [0.29, 0.717) is 5.41 Å². The van der Waals surface area contributed by atoms with Crippen molar-refractivity contribution in [2.24, 2.45) is 5.41 Å². The van der Waals surface area contributed by atoms with E-state index >= 15 is 0 Å². The van der Waals surface area contributed by atoms with Crippen LogP contribution in [0, 0.1) is 5.41 Å². The zero-order valence-electron chi connectivity index (χ0n) is 9.48. The number of hydrogen-bond donors (Lipinski definition) is 0. The first kappa shape index (κ1) is 12.0. The number of likely N-dealkylation sites (tertiary alicyclic amines) is 1. The maximum Gasteiger partial charge on any atom is 0.00477 e. The fourth-order valence-corrected chi connectivity index (χ4v) is 2.02. The third-order valence-electron chi connectivity index (χ3n) is 2.51. The van der Waals surface area contributed by atoms with Crippen LogP contribution in [0.15, 0.2) is 0 Å². The summed E-state index contributed by atoms with van der Waals surface area (Å²) in [6, 6.07) is 0. The van der Waals surface area contributed by atoms with Gasteiger partial charge in [0.1, 0.15) is 0 Å². The highest BCUT2D eigenvalue weighted by atomic mass is 15.2. The van der Waals surface area contributed by atoms with E-state index < -0.39 is 0 Å². The normalized spacial score (nSPS) is 20.8. The van der Waals surface area contributed by atoms with Crippen LogP contribution in [0.25, 0.3) is 0 Å². The SMILES string of the molecule is CC.CCCC1(C)CN(CC)C1. The Labute approximate surface area is 78.1 Å². The molecule has 1 aliphatic rings. The van der Waals surface area contributed by atoms with E-state index in [1.807, 2.05) is 13.8 Å². The van der Waals surface area contributed by atoms with E-state index in [-0.39, 0.29) is 0 Å². The van der Waals surface area contributed by atoms with E-state index in [2.05, 4.69) is 25.7 Å². The molecule has 0 unspecified atom stereocenters. The molecule has 1 heterocycles. The molecule has 0 aromatic rings. The molecule has 0 aromatic heterocycles. The summed E-state index contributed by atoms with van der Waals surface area (Å²) in [7, 11) is 0. The number of rotatable bonds is 3. The molecule has 0 bridgehead atoms. The molecule has 1 aliphatic heterocycles. The van der Waals surface area contributed by atoms with Gasteiger partial charge in [-0.05, 0) is 18.4 Å². The number of nitrogens with zero attached hydrogens (tertiary/aromatic N) is 1. The van der Waals surface area contributed by atoms with Crippen molar-refractivity contribution in [1.29, 1.82) is 0 Å². The van der Waals surface area contributed by atoms with Crippen molar-refractivity contribution in [2.75, 3.05) is 19.6 Å². The second-order valence-electron chi connectivity index (χ2n) is 3.86. The molecule has 0 N–H and O–H groups in total. The Morgan fingerprint density at radius 1 is 1.17 bits per heavy atom. The molecule has 0 saturated carbocycles. The van der Waals surface area contributed by atoms with Gasteiger partial charge in [0.2, 0.25) is 0 Å². The van der Waals surface area contributed by atoms with Crippen molar-refractivity contribution >= 4 is 0 Å². The molecule has 0 aliphatic carbocycles. The second-order valence-corrected chi connectivity index (χ2v) is 3.86. The van der Waals surface area contributed by atoms with Crippen LogP contribution in [-0.4, -0.2) is 24.5 Å². The Morgan fingerprint density at radius 2 is 1.67 bits per heavy atom. The molecule has 0 spiro atoms. The van der Waals surface area contributed by atoms with Gasteiger partial charge in [-0.25, -0.2) is 0 Å². The summed E-state index contributed by atoms with van der Waals surface area (Å²) in [5.74, 6) is 0. The molecule has 0 atom stereocenters. The fraction of sp³-hybridized carbons (Fsp3) is 1.00. The van der Waals surface area contributed by atoms with Crippen molar-refractivity contribution in [3.8, 4) is 0 Å². The Balaban J connectivity index is 0.000000561. The van der Waals surface area contributed by atoms with Gasteiger partial charge in [0.25, 0.3) is 0 Å². The van der Waals surface area contributed by atoms with E-state index in [0.717, 1.165) is 0 Å². The second kappa shape index (κ2) is 5.58. The predicted octanol–water partition coefficient (Wildman–Crippen LogP) is 3.15. The van der Waals surface area contributed by atoms with E-state index in [1.54, 1.807) is 0 Å². The quantitative estimate of drug-likeness (QED) is 0.630. The maximum absolute atomic E-state index is 2.51. The molecule has 1 nitrogen and oxygen atoms in total. The summed E-state index contributed by atoms with van der Waals surface area (Å²) >= 11 is 0. The Bertz CT molecular complexity index is 104. The number of hydrogen-bond acceptors (Lipinski definition) is 1. The molecule has 1 heteroatoms. The average molecular weight is 171 g/mol. The average Bonchev–Trinajstić information content (AvgIpc) is 2.04. The third-order valence-corrected chi connectivity index (χ3v) is 2.51. The Morgan fingerprint density at radius 3 is 2.00 bits per heavy atom. The maximum atomic E-state index is 2.51. The van der Waals surface area contributed by atoms with E-state index in [1.165, 1.54) is 32.5 Å². The lowest BCUT2D eigenvalue weighted by Gasteiger charge is -2.48. The largest absolute Gasteiger partial charge is 0.302 e. The topological polar surface area (TPSA) is 3.24 Å². The Hall–Kier alpha value is -0.0400. The molecule has 0 aromatic carbocycles. The minimum Gasteiger partial charge on any atom is -0.302 e. The van der Waals surface area contributed by atoms with Gasteiger partial charge in [0, 0.05) is 13.1 Å². The Kier molecular flexibility index (Phi) is 5.56. The van der Waals surface area contributed by atoms with Gasteiger partial charge in [-0.15, -0.1) is 0 Å². The monoisotopic (exact) mass is 171 g/mol. The van der Waals surface area contributed by atoms with Gasteiger partial charge < -0.3 is 4.90 Å². The lowest BCUT2D eigenvalue weighted by atomic mass is 9.78. The van der Waals surface area contributed by atoms with Crippen LogP contribution in [0.4, 0.5) is 0 Å². The van der Waals surface area contributed by atoms with Crippen LogP contribution in [0.1, 0.15) is 47.5 Å². The highest BCUT2D eigenvalue weighted by Gasteiger charge is 2.36. The van der Waals surface area contributed by atoms with Crippen molar-refractivity contribution in [2.45, 2.75) is 47.5 Å². The zero-order chi connectivity index (χ0) is 9.61.